The molecule has 0 aliphatic carbocycles. The largest absolute Gasteiger partial charge is 0.368 e. The molecule has 7 heteroatoms. The summed E-state index contributed by atoms with van der Waals surface area (Å²) in [6.45, 7) is 1.01. The van der Waals surface area contributed by atoms with Crippen molar-refractivity contribution in [1.82, 2.24) is 14.9 Å². The van der Waals surface area contributed by atoms with E-state index in [4.69, 9.17) is 5.73 Å². The fourth-order valence-corrected chi connectivity index (χ4v) is 3.91. The number of anilines is 2. The van der Waals surface area contributed by atoms with Gasteiger partial charge in [-0.25, -0.2) is 14.4 Å². The molecule has 1 fully saturated rings. The molecule has 2 heterocycles. The molecule has 1 amide bonds. The van der Waals surface area contributed by atoms with Crippen LogP contribution in [-0.2, 0) is 4.79 Å². The number of carbonyl (C=O) groups excluding carboxylic acids is 1. The van der Waals surface area contributed by atoms with Crippen LogP contribution < -0.4 is 11.1 Å². The third kappa shape index (κ3) is 4.63. The zero-order valence-corrected chi connectivity index (χ0v) is 16.6. The molecule has 1 aliphatic rings. The minimum atomic E-state index is -0.334. The number of amides is 1. The number of piperidine rings is 1. The van der Waals surface area contributed by atoms with E-state index in [0.29, 0.717) is 5.69 Å². The summed E-state index contributed by atoms with van der Waals surface area (Å²) in [5.74, 6) is -0.248. The maximum atomic E-state index is 13.1. The van der Waals surface area contributed by atoms with Gasteiger partial charge in [-0.3, -0.25) is 9.69 Å². The first-order chi connectivity index (χ1) is 14.6. The van der Waals surface area contributed by atoms with Crippen molar-refractivity contribution in [2.45, 2.75) is 25.3 Å². The molecule has 3 N–H and O–H groups in total. The summed E-state index contributed by atoms with van der Waals surface area (Å²) in [6.07, 6.45) is 4.72. The zero-order chi connectivity index (χ0) is 20.9. The second kappa shape index (κ2) is 9.00. The summed E-state index contributed by atoms with van der Waals surface area (Å²) < 4.78 is 13.1. The predicted molar refractivity (Wildman–Crippen MR) is 115 cm³/mol. The van der Waals surface area contributed by atoms with Crippen LogP contribution in [0.4, 0.5) is 16.0 Å². The number of nitrogens with one attached hydrogen (secondary N) is 1. The Morgan fingerprint density at radius 1 is 1.13 bits per heavy atom. The molecule has 1 atom stereocenters. The number of hydrogen-bond acceptors (Lipinski definition) is 5. The third-order valence-corrected chi connectivity index (χ3v) is 5.33. The van der Waals surface area contributed by atoms with Gasteiger partial charge in [0.1, 0.15) is 5.82 Å². The molecule has 1 aliphatic heterocycles. The highest BCUT2D eigenvalue weighted by molar-refractivity contribution is 5.92. The smallest absolute Gasteiger partial charge is 0.238 e. The van der Waals surface area contributed by atoms with E-state index in [1.807, 2.05) is 30.3 Å². The molecular weight excluding hydrogens is 381 g/mol. The van der Waals surface area contributed by atoms with Gasteiger partial charge in [-0.2, -0.15) is 0 Å². The van der Waals surface area contributed by atoms with Gasteiger partial charge < -0.3 is 11.1 Å². The lowest BCUT2D eigenvalue weighted by Gasteiger charge is -2.35. The molecule has 6 nitrogen and oxygen atoms in total. The van der Waals surface area contributed by atoms with Crippen LogP contribution in [0, 0.1) is 5.82 Å². The number of halogens is 1. The Hall–Kier alpha value is -3.32. The average molecular weight is 405 g/mol. The van der Waals surface area contributed by atoms with Crippen molar-refractivity contribution in [3.8, 4) is 11.1 Å². The maximum Gasteiger partial charge on any atom is 0.238 e. The molecule has 0 spiro atoms. The van der Waals surface area contributed by atoms with Crippen LogP contribution in [0.3, 0.4) is 0 Å². The fourth-order valence-electron chi connectivity index (χ4n) is 3.91. The molecule has 30 heavy (non-hydrogen) atoms. The Bertz CT molecular complexity index is 1010. The zero-order valence-electron chi connectivity index (χ0n) is 16.6. The van der Waals surface area contributed by atoms with E-state index < -0.39 is 0 Å². The van der Waals surface area contributed by atoms with E-state index >= 15 is 0 Å². The SMILES string of the molecule is Nc1ncc(-c2ccccc2)c(C2CCCCN2CC(=O)Nc2ccc(F)cc2)n1. The van der Waals surface area contributed by atoms with Gasteiger partial charge in [0.2, 0.25) is 11.9 Å². The Morgan fingerprint density at radius 3 is 2.67 bits per heavy atom. The Balaban J connectivity index is 1.57. The number of rotatable bonds is 5. The quantitative estimate of drug-likeness (QED) is 0.670. The van der Waals surface area contributed by atoms with Crippen molar-refractivity contribution >= 4 is 17.5 Å². The number of hydrogen-bond donors (Lipinski definition) is 2. The number of carbonyl (C=O) groups is 1. The van der Waals surface area contributed by atoms with Crippen molar-refractivity contribution in [3.63, 3.8) is 0 Å². The minimum Gasteiger partial charge on any atom is -0.368 e. The van der Waals surface area contributed by atoms with E-state index in [0.717, 1.165) is 42.6 Å². The molecule has 154 valence electrons. The van der Waals surface area contributed by atoms with Crippen molar-refractivity contribution in [2.75, 3.05) is 24.1 Å². The van der Waals surface area contributed by atoms with Gasteiger partial charge in [0, 0.05) is 17.4 Å². The summed E-state index contributed by atoms with van der Waals surface area (Å²) >= 11 is 0. The van der Waals surface area contributed by atoms with Crippen molar-refractivity contribution in [2.24, 2.45) is 0 Å². The van der Waals surface area contributed by atoms with Gasteiger partial charge in [0.05, 0.1) is 18.3 Å². The Kier molecular flexibility index (Phi) is 5.99. The van der Waals surface area contributed by atoms with Crippen LogP contribution in [0.5, 0.6) is 0 Å². The molecule has 4 rings (SSSR count). The predicted octanol–water partition coefficient (Wildman–Crippen LogP) is 4.03. The van der Waals surface area contributed by atoms with Crippen molar-refractivity contribution < 1.29 is 9.18 Å². The highest BCUT2D eigenvalue weighted by Gasteiger charge is 2.29. The second-order valence-corrected chi connectivity index (χ2v) is 7.43. The van der Waals surface area contributed by atoms with Crippen LogP contribution >= 0.6 is 0 Å². The monoisotopic (exact) mass is 405 g/mol. The van der Waals surface area contributed by atoms with Gasteiger partial charge in [-0.05, 0) is 49.2 Å². The lowest BCUT2D eigenvalue weighted by atomic mass is 9.94. The lowest BCUT2D eigenvalue weighted by Crippen LogP contribution is -2.40. The standard InChI is InChI=1S/C23H24FN5O/c24-17-9-11-18(12-10-17)27-21(30)15-29-13-5-4-8-20(29)22-19(14-26-23(25)28-22)16-6-2-1-3-7-16/h1-3,6-7,9-12,14,20H,4-5,8,13,15H2,(H,27,30)(H2,25,26,28). The van der Waals surface area contributed by atoms with Gasteiger partial charge >= 0.3 is 0 Å². The number of aromatic nitrogens is 2. The summed E-state index contributed by atoms with van der Waals surface area (Å²) in [5, 5.41) is 2.84. The van der Waals surface area contributed by atoms with E-state index in [-0.39, 0.29) is 30.3 Å². The average Bonchev–Trinajstić information content (AvgIpc) is 2.76. The number of nitrogens with zero attached hydrogens (tertiary/aromatic N) is 3. The van der Waals surface area contributed by atoms with Crippen LogP contribution in [0.1, 0.15) is 31.0 Å². The number of nitrogen functional groups attached to an aromatic ring is 1. The van der Waals surface area contributed by atoms with E-state index in [2.05, 4.69) is 20.2 Å². The third-order valence-electron chi connectivity index (χ3n) is 5.33. The van der Waals surface area contributed by atoms with E-state index in [1.54, 1.807) is 18.3 Å². The lowest BCUT2D eigenvalue weighted by molar-refractivity contribution is -0.118. The number of nitrogens with two attached hydrogens (primary N) is 1. The van der Waals surface area contributed by atoms with E-state index in [1.165, 1.54) is 12.1 Å². The molecule has 1 saturated heterocycles. The van der Waals surface area contributed by atoms with Gasteiger partial charge in [-0.1, -0.05) is 36.8 Å². The van der Waals surface area contributed by atoms with Crippen LogP contribution in [0.2, 0.25) is 0 Å². The normalized spacial score (nSPS) is 16.9. The highest BCUT2D eigenvalue weighted by Crippen LogP contribution is 2.35. The van der Waals surface area contributed by atoms with E-state index in [9.17, 15) is 9.18 Å². The molecule has 1 unspecified atom stereocenters. The summed E-state index contributed by atoms with van der Waals surface area (Å²) in [5.41, 5.74) is 9.30. The minimum absolute atomic E-state index is 0.0294. The first-order valence-corrected chi connectivity index (χ1v) is 10.1. The molecule has 1 aromatic heterocycles. The van der Waals surface area contributed by atoms with Crippen molar-refractivity contribution in [3.05, 3.63) is 72.3 Å². The second-order valence-electron chi connectivity index (χ2n) is 7.43. The Labute approximate surface area is 175 Å². The molecule has 2 aromatic carbocycles. The number of benzene rings is 2. The summed E-state index contributed by atoms with van der Waals surface area (Å²) in [4.78, 5) is 23.6. The first kappa shape index (κ1) is 20.0. The van der Waals surface area contributed by atoms with Crippen LogP contribution in [0.25, 0.3) is 11.1 Å². The van der Waals surface area contributed by atoms with Gasteiger partial charge in [0.15, 0.2) is 0 Å². The maximum absolute atomic E-state index is 13.1. The molecular formula is C23H24FN5O. The summed E-state index contributed by atoms with van der Waals surface area (Å²) in [7, 11) is 0. The van der Waals surface area contributed by atoms with Crippen molar-refractivity contribution in [1.29, 1.82) is 0 Å². The van der Waals surface area contributed by atoms with Gasteiger partial charge in [-0.15, -0.1) is 0 Å². The fraction of sp³-hybridized carbons (Fsp3) is 0.261. The van der Waals surface area contributed by atoms with Crippen LogP contribution in [-0.4, -0.2) is 33.9 Å². The summed E-state index contributed by atoms with van der Waals surface area (Å²) in [6, 6.07) is 15.7. The van der Waals surface area contributed by atoms with Gasteiger partial charge in [0.25, 0.3) is 0 Å². The number of likely N-dealkylation sites (tertiary alicyclic amines) is 1. The topological polar surface area (TPSA) is 84.1 Å². The Morgan fingerprint density at radius 2 is 1.90 bits per heavy atom. The highest BCUT2D eigenvalue weighted by atomic mass is 19.1. The molecule has 0 bridgehead atoms. The molecule has 0 radical (unpaired) electrons. The van der Waals surface area contributed by atoms with Crippen LogP contribution in [0.15, 0.2) is 60.8 Å². The molecule has 0 saturated carbocycles. The molecule has 3 aromatic rings. The first-order valence-electron chi connectivity index (χ1n) is 10.1.